The third-order valence-corrected chi connectivity index (χ3v) is 7.61. The molecule has 4 bridgehead atoms. The molecule has 0 spiro atoms. The molecule has 0 heterocycles. The zero-order valence-electron chi connectivity index (χ0n) is 17.4. The molecule has 0 aliphatic heterocycles. The second kappa shape index (κ2) is 8.05. The molecule has 4 fully saturated rings. The zero-order chi connectivity index (χ0) is 20.7. The van der Waals surface area contributed by atoms with Crippen LogP contribution in [0.5, 0.6) is 11.5 Å². The number of benzene rings is 2. The number of halogens is 2. The molecule has 2 aromatic rings. The fourth-order valence-electron chi connectivity index (χ4n) is 6.40. The van der Waals surface area contributed by atoms with Crippen LogP contribution in [0.25, 0.3) is 0 Å². The highest BCUT2D eigenvalue weighted by Crippen LogP contribution is 2.55. The summed E-state index contributed by atoms with van der Waals surface area (Å²) in [7, 11) is 1.61. The summed E-state index contributed by atoms with van der Waals surface area (Å²) in [5, 5.41) is 4.40. The van der Waals surface area contributed by atoms with Gasteiger partial charge in [-0.3, -0.25) is 0 Å². The quantitative estimate of drug-likeness (QED) is 0.574. The van der Waals surface area contributed by atoms with E-state index in [9.17, 15) is 4.39 Å². The first kappa shape index (κ1) is 20.1. The maximum Gasteiger partial charge on any atom is 0.180 e. The van der Waals surface area contributed by atoms with Crippen molar-refractivity contribution in [3.05, 3.63) is 58.4 Å². The molecule has 0 aromatic heterocycles. The summed E-state index contributed by atoms with van der Waals surface area (Å²) < 4.78 is 25.3. The van der Waals surface area contributed by atoms with Crippen molar-refractivity contribution in [3.8, 4) is 11.5 Å². The maximum atomic E-state index is 13.9. The van der Waals surface area contributed by atoms with E-state index in [-0.39, 0.29) is 12.4 Å². The van der Waals surface area contributed by atoms with Crippen molar-refractivity contribution in [3.63, 3.8) is 0 Å². The van der Waals surface area contributed by atoms with E-state index < -0.39 is 0 Å². The lowest BCUT2D eigenvalue weighted by Crippen LogP contribution is -2.58. The zero-order valence-corrected chi connectivity index (χ0v) is 18.2. The van der Waals surface area contributed by atoms with Crippen molar-refractivity contribution < 1.29 is 13.9 Å². The molecular formula is C25H29ClFNO2. The van der Waals surface area contributed by atoms with Gasteiger partial charge in [0.2, 0.25) is 0 Å². The van der Waals surface area contributed by atoms with Crippen LogP contribution in [0.1, 0.15) is 49.7 Å². The van der Waals surface area contributed by atoms with Gasteiger partial charge < -0.3 is 14.8 Å². The van der Waals surface area contributed by atoms with Gasteiger partial charge in [-0.05, 0) is 80.0 Å². The molecule has 1 N–H and O–H groups in total. The van der Waals surface area contributed by atoms with Crippen LogP contribution >= 0.6 is 11.6 Å². The second-order valence-corrected chi connectivity index (χ2v) is 9.95. The Morgan fingerprint density at radius 3 is 2.37 bits per heavy atom. The molecule has 0 unspecified atom stereocenters. The SMILES string of the molecule is COc1cc(CNC23CC4CC(CC(C4)C2)C3)cc(Cl)c1OCc1ccccc1F. The van der Waals surface area contributed by atoms with Crippen LogP contribution in [-0.2, 0) is 13.2 Å². The van der Waals surface area contributed by atoms with E-state index in [1.54, 1.807) is 25.3 Å². The number of nitrogens with one attached hydrogen (secondary N) is 1. The predicted molar refractivity (Wildman–Crippen MR) is 116 cm³/mol. The average Bonchev–Trinajstić information content (AvgIpc) is 2.71. The van der Waals surface area contributed by atoms with Gasteiger partial charge in [0.1, 0.15) is 12.4 Å². The van der Waals surface area contributed by atoms with Gasteiger partial charge in [0.05, 0.1) is 12.1 Å². The molecule has 0 radical (unpaired) electrons. The largest absolute Gasteiger partial charge is 0.493 e. The minimum atomic E-state index is -0.288. The van der Waals surface area contributed by atoms with Crippen molar-refractivity contribution in [1.82, 2.24) is 5.32 Å². The highest BCUT2D eigenvalue weighted by molar-refractivity contribution is 6.32. The molecule has 160 valence electrons. The van der Waals surface area contributed by atoms with E-state index in [1.165, 1.54) is 44.6 Å². The fraction of sp³-hybridized carbons (Fsp3) is 0.520. The Hall–Kier alpha value is -1.78. The Morgan fingerprint density at radius 2 is 1.73 bits per heavy atom. The lowest BCUT2D eigenvalue weighted by atomic mass is 9.53. The van der Waals surface area contributed by atoms with Crippen molar-refractivity contribution in [2.75, 3.05) is 7.11 Å². The van der Waals surface area contributed by atoms with Crippen molar-refractivity contribution in [2.45, 2.75) is 57.2 Å². The van der Waals surface area contributed by atoms with E-state index in [2.05, 4.69) is 5.32 Å². The fourth-order valence-corrected chi connectivity index (χ4v) is 6.69. The summed E-state index contributed by atoms with van der Waals surface area (Å²) in [4.78, 5) is 0. The number of ether oxygens (including phenoxy) is 2. The van der Waals surface area contributed by atoms with Gasteiger partial charge in [-0.1, -0.05) is 29.8 Å². The monoisotopic (exact) mass is 429 g/mol. The van der Waals surface area contributed by atoms with Crippen LogP contribution in [-0.4, -0.2) is 12.6 Å². The average molecular weight is 430 g/mol. The van der Waals surface area contributed by atoms with E-state index >= 15 is 0 Å². The molecule has 3 nitrogen and oxygen atoms in total. The first-order valence-electron chi connectivity index (χ1n) is 11.0. The highest BCUT2D eigenvalue weighted by atomic mass is 35.5. The van der Waals surface area contributed by atoms with Crippen molar-refractivity contribution in [1.29, 1.82) is 0 Å². The maximum absolute atomic E-state index is 13.9. The third kappa shape index (κ3) is 3.92. The predicted octanol–water partition coefficient (Wildman–Crippen LogP) is 6.13. The van der Waals surface area contributed by atoms with E-state index in [4.69, 9.17) is 21.1 Å². The van der Waals surface area contributed by atoms with E-state index in [1.807, 2.05) is 12.1 Å². The minimum Gasteiger partial charge on any atom is -0.493 e. The topological polar surface area (TPSA) is 30.5 Å². The Labute approximate surface area is 182 Å². The molecular weight excluding hydrogens is 401 g/mol. The summed E-state index contributed by atoms with van der Waals surface area (Å²) in [5.41, 5.74) is 1.88. The van der Waals surface area contributed by atoms with Gasteiger partial charge in [-0.15, -0.1) is 0 Å². The van der Waals surface area contributed by atoms with Crippen LogP contribution in [0.15, 0.2) is 36.4 Å². The van der Waals surface area contributed by atoms with Crippen LogP contribution in [0, 0.1) is 23.6 Å². The van der Waals surface area contributed by atoms with Gasteiger partial charge in [0, 0.05) is 17.6 Å². The number of hydrogen-bond acceptors (Lipinski definition) is 3. The number of methoxy groups -OCH3 is 1. The Bertz CT molecular complexity index is 896. The lowest BCUT2D eigenvalue weighted by Gasteiger charge is -2.57. The van der Waals surface area contributed by atoms with Crippen molar-refractivity contribution >= 4 is 11.6 Å². The molecule has 5 heteroatoms. The smallest absolute Gasteiger partial charge is 0.180 e. The Morgan fingerprint density at radius 1 is 1.07 bits per heavy atom. The van der Waals surface area contributed by atoms with Gasteiger partial charge in [-0.25, -0.2) is 4.39 Å². The Balaban J connectivity index is 1.29. The molecule has 0 atom stereocenters. The minimum absolute atomic E-state index is 0.105. The van der Waals surface area contributed by atoms with E-state index in [0.29, 0.717) is 27.6 Å². The molecule has 2 aromatic carbocycles. The van der Waals surface area contributed by atoms with Gasteiger partial charge in [-0.2, -0.15) is 0 Å². The molecule has 4 aliphatic rings. The standard InChI is InChI=1S/C25H29ClFNO2/c1-29-23-10-19(9-21(26)24(23)30-15-20-4-2-3-5-22(20)27)14-28-25-11-16-6-17(12-25)8-18(7-16)13-25/h2-5,9-10,16-18,28H,6-8,11-15H2,1H3. The van der Waals surface area contributed by atoms with E-state index in [0.717, 1.165) is 29.9 Å². The van der Waals surface area contributed by atoms with Gasteiger partial charge in [0.15, 0.2) is 11.5 Å². The summed E-state index contributed by atoms with van der Waals surface area (Å²) in [6.07, 6.45) is 8.26. The third-order valence-electron chi connectivity index (χ3n) is 7.32. The van der Waals surface area contributed by atoms with Gasteiger partial charge >= 0.3 is 0 Å². The first-order valence-corrected chi connectivity index (χ1v) is 11.4. The molecule has 0 saturated heterocycles. The van der Waals surface area contributed by atoms with Crippen LogP contribution in [0.4, 0.5) is 4.39 Å². The molecule has 6 rings (SSSR count). The Kier molecular flexibility index (Phi) is 5.40. The van der Waals surface area contributed by atoms with Crippen LogP contribution in [0.3, 0.4) is 0 Å². The second-order valence-electron chi connectivity index (χ2n) is 9.54. The number of rotatable bonds is 7. The molecule has 0 amide bonds. The molecule has 4 saturated carbocycles. The highest BCUT2D eigenvalue weighted by Gasteiger charge is 2.50. The lowest BCUT2D eigenvalue weighted by molar-refractivity contribution is -0.0206. The van der Waals surface area contributed by atoms with Crippen LogP contribution in [0.2, 0.25) is 5.02 Å². The first-order chi connectivity index (χ1) is 14.5. The molecule has 4 aliphatic carbocycles. The number of hydrogen-bond donors (Lipinski definition) is 1. The summed E-state index contributed by atoms with van der Waals surface area (Å²) in [6, 6.07) is 10.5. The van der Waals surface area contributed by atoms with Gasteiger partial charge in [0.25, 0.3) is 0 Å². The summed E-state index contributed by atoms with van der Waals surface area (Å²) in [6.45, 7) is 0.878. The van der Waals surface area contributed by atoms with Crippen molar-refractivity contribution in [2.24, 2.45) is 17.8 Å². The van der Waals surface area contributed by atoms with Crippen LogP contribution < -0.4 is 14.8 Å². The summed E-state index contributed by atoms with van der Waals surface area (Å²) in [5.74, 6) is 3.49. The molecule has 30 heavy (non-hydrogen) atoms. The normalized spacial score (nSPS) is 29.2. The summed E-state index contributed by atoms with van der Waals surface area (Å²) >= 11 is 6.55.